The Morgan fingerprint density at radius 3 is 2.70 bits per heavy atom. The maximum absolute atomic E-state index is 14.6. The molecule has 4 aromatic rings. The predicted octanol–water partition coefficient (Wildman–Crippen LogP) is 4.07. The Hall–Kier alpha value is -3.81. The molecule has 1 aromatic carbocycles. The van der Waals surface area contributed by atoms with Crippen LogP contribution in [0.4, 0.5) is 4.39 Å². The molecule has 0 spiro atoms. The van der Waals surface area contributed by atoms with Crippen molar-refractivity contribution in [1.82, 2.24) is 19.0 Å². The molecule has 13 heteroatoms. The van der Waals surface area contributed by atoms with Crippen LogP contribution >= 0.6 is 11.3 Å². The van der Waals surface area contributed by atoms with Gasteiger partial charge in [-0.05, 0) is 56.4 Å². The van der Waals surface area contributed by atoms with Crippen molar-refractivity contribution in [3.05, 3.63) is 68.4 Å². The Morgan fingerprint density at radius 1 is 1.19 bits per heavy atom. The Labute approximate surface area is 250 Å². The van der Waals surface area contributed by atoms with E-state index in [1.807, 2.05) is 0 Å². The molecule has 2 fully saturated rings. The van der Waals surface area contributed by atoms with Crippen LogP contribution in [0.15, 0.2) is 44.7 Å². The fourth-order valence-corrected chi connectivity index (χ4v) is 7.21. The predicted molar refractivity (Wildman–Crippen MR) is 157 cm³/mol. The number of likely N-dealkylation sites (tertiary alicyclic amines) is 1. The lowest BCUT2D eigenvalue weighted by Crippen LogP contribution is -2.49. The number of piperidine rings is 1. The molecule has 0 aliphatic carbocycles. The molecule has 0 radical (unpaired) electrons. The van der Waals surface area contributed by atoms with Crippen LogP contribution in [0, 0.1) is 12.7 Å². The molecule has 1 unspecified atom stereocenters. The van der Waals surface area contributed by atoms with Crippen LogP contribution < -0.4 is 16.0 Å². The van der Waals surface area contributed by atoms with Gasteiger partial charge in [0, 0.05) is 32.4 Å². The Morgan fingerprint density at radius 2 is 1.98 bits per heavy atom. The first-order valence-corrected chi connectivity index (χ1v) is 15.1. The van der Waals surface area contributed by atoms with E-state index in [2.05, 4.69) is 4.98 Å². The number of carbonyl (C=O) groups is 1. The van der Waals surface area contributed by atoms with Gasteiger partial charge in [0.05, 0.1) is 36.2 Å². The minimum absolute atomic E-state index is 0.0610. The molecule has 2 aliphatic heterocycles. The number of thiophene rings is 1. The fourth-order valence-electron chi connectivity index (χ4n) is 5.97. The Balaban J connectivity index is 1.57. The normalized spacial score (nSPS) is 18.8. The van der Waals surface area contributed by atoms with Gasteiger partial charge in [-0.1, -0.05) is 0 Å². The van der Waals surface area contributed by atoms with Gasteiger partial charge in [0.15, 0.2) is 0 Å². The van der Waals surface area contributed by atoms with Crippen molar-refractivity contribution >= 4 is 27.5 Å². The molecule has 43 heavy (non-hydrogen) atoms. The summed E-state index contributed by atoms with van der Waals surface area (Å²) in [7, 11) is 3.16. The van der Waals surface area contributed by atoms with Crippen molar-refractivity contribution in [2.45, 2.75) is 57.4 Å². The standard InChI is InChI=1S/C30H33FN4O7S/c1-17-24-28(37)35(21-5-4-11-33(2)27(21)36)30(38)34(29(24)43-25(17)26-32-10-14-41-26)16-23(42-19-8-12-40-13-9-19)20-15-18(31)6-7-22(20)39-3/h6-7,10,14-15,19,21,23H,4-5,8-9,11-13,16H2,1-3H3/t21?,23-/m0/s1. The zero-order valence-electron chi connectivity index (χ0n) is 24.2. The number of fused-ring (bicyclic) bond motifs is 1. The molecule has 0 N–H and O–H groups in total. The molecule has 1 amide bonds. The number of oxazole rings is 1. The van der Waals surface area contributed by atoms with E-state index in [1.165, 1.54) is 53.7 Å². The molecule has 3 aromatic heterocycles. The summed E-state index contributed by atoms with van der Waals surface area (Å²) in [5.41, 5.74) is -0.151. The van der Waals surface area contributed by atoms with Crippen LogP contribution in [0.1, 0.15) is 49.0 Å². The van der Waals surface area contributed by atoms with Gasteiger partial charge in [-0.15, -0.1) is 11.3 Å². The first-order valence-electron chi connectivity index (χ1n) is 14.3. The first kappa shape index (κ1) is 29.3. The molecule has 2 aliphatic rings. The van der Waals surface area contributed by atoms with Crippen LogP contribution in [0.5, 0.6) is 5.75 Å². The van der Waals surface area contributed by atoms with Crippen molar-refractivity contribution < 1.29 is 27.8 Å². The van der Waals surface area contributed by atoms with Gasteiger partial charge in [0.2, 0.25) is 11.8 Å². The van der Waals surface area contributed by atoms with Gasteiger partial charge >= 0.3 is 5.69 Å². The minimum Gasteiger partial charge on any atom is -0.496 e. The van der Waals surface area contributed by atoms with Crippen molar-refractivity contribution in [1.29, 1.82) is 0 Å². The average Bonchev–Trinajstić information content (AvgIpc) is 3.65. The number of carbonyl (C=O) groups excluding carboxylic acids is 1. The lowest BCUT2D eigenvalue weighted by molar-refractivity contribution is -0.136. The van der Waals surface area contributed by atoms with E-state index < -0.39 is 29.2 Å². The second-order valence-corrected chi connectivity index (χ2v) is 11.9. The average molecular weight is 613 g/mol. The summed E-state index contributed by atoms with van der Waals surface area (Å²) in [5, 5.41) is 0.301. The summed E-state index contributed by atoms with van der Waals surface area (Å²) in [6.45, 7) is 3.31. The van der Waals surface area contributed by atoms with Crippen LogP contribution in [0.3, 0.4) is 0 Å². The highest BCUT2D eigenvalue weighted by molar-refractivity contribution is 7.22. The molecule has 0 saturated carbocycles. The number of amides is 1. The summed E-state index contributed by atoms with van der Waals surface area (Å²) in [4.78, 5) is 48.6. The third kappa shape index (κ3) is 5.41. The smallest absolute Gasteiger partial charge is 0.332 e. The zero-order chi connectivity index (χ0) is 30.2. The molecule has 0 bridgehead atoms. The van der Waals surface area contributed by atoms with E-state index in [1.54, 1.807) is 18.9 Å². The topological polar surface area (TPSA) is 118 Å². The van der Waals surface area contributed by atoms with E-state index >= 15 is 0 Å². The second-order valence-electron chi connectivity index (χ2n) is 10.9. The quantitative estimate of drug-likeness (QED) is 0.292. The third-order valence-electron chi connectivity index (χ3n) is 8.23. The third-order valence-corrected chi connectivity index (χ3v) is 9.53. The number of hydrogen-bond donors (Lipinski definition) is 0. The van der Waals surface area contributed by atoms with E-state index in [4.69, 9.17) is 18.6 Å². The van der Waals surface area contributed by atoms with Crippen molar-refractivity contribution in [3.8, 4) is 16.5 Å². The van der Waals surface area contributed by atoms with E-state index in [0.717, 1.165) is 4.57 Å². The van der Waals surface area contributed by atoms with Crippen LogP contribution in [-0.4, -0.2) is 64.9 Å². The Kier molecular flexibility index (Phi) is 8.21. The van der Waals surface area contributed by atoms with Crippen LogP contribution in [0.2, 0.25) is 0 Å². The summed E-state index contributed by atoms with van der Waals surface area (Å²) in [5.74, 6) is -0.0475. The summed E-state index contributed by atoms with van der Waals surface area (Å²) in [6, 6.07) is 3.22. The van der Waals surface area contributed by atoms with Gasteiger partial charge in [-0.25, -0.2) is 18.7 Å². The first-order chi connectivity index (χ1) is 20.8. The number of ether oxygens (including phenoxy) is 3. The number of nitrogens with zero attached hydrogens (tertiary/aromatic N) is 4. The molecular weight excluding hydrogens is 579 g/mol. The summed E-state index contributed by atoms with van der Waals surface area (Å²) >= 11 is 1.21. The lowest BCUT2D eigenvalue weighted by Gasteiger charge is -2.31. The van der Waals surface area contributed by atoms with E-state index in [-0.39, 0.29) is 18.6 Å². The maximum atomic E-state index is 14.6. The van der Waals surface area contributed by atoms with E-state index in [0.29, 0.717) is 83.3 Å². The molecule has 6 rings (SSSR count). The van der Waals surface area contributed by atoms with Gasteiger partial charge in [0.25, 0.3) is 5.56 Å². The molecule has 11 nitrogen and oxygen atoms in total. The molecule has 5 heterocycles. The number of hydrogen-bond acceptors (Lipinski definition) is 9. The number of aryl methyl sites for hydroxylation is 1. The number of halogens is 1. The number of likely N-dealkylation sites (N-methyl/N-ethyl adjacent to an activating group) is 1. The van der Waals surface area contributed by atoms with Gasteiger partial charge in [-0.3, -0.25) is 14.2 Å². The highest BCUT2D eigenvalue weighted by Gasteiger charge is 2.34. The molecule has 228 valence electrons. The summed E-state index contributed by atoms with van der Waals surface area (Å²) in [6.07, 6.45) is 4.20. The van der Waals surface area contributed by atoms with E-state index in [9.17, 15) is 18.8 Å². The van der Waals surface area contributed by atoms with Gasteiger partial charge < -0.3 is 23.5 Å². The number of aromatic nitrogens is 3. The minimum atomic E-state index is -0.947. The Bertz CT molecular complexity index is 1760. The van der Waals surface area contributed by atoms with Crippen molar-refractivity contribution in [3.63, 3.8) is 0 Å². The molecule has 2 atom stereocenters. The van der Waals surface area contributed by atoms with Crippen LogP contribution in [0.25, 0.3) is 21.0 Å². The van der Waals surface area contributed by atoms with Crippen molar-refractivity contribution in [2.24, 2.45) is 0 Å². The fraction of sp³-hybridized carbons (Fsp3) is 0.467. The highest BCUT2D eigenvalue weighted by atomic mass is 32.1. The largest absolute Gasteiger partial charge is 0.496 e. The number of rotatable bonds is 8. The monoisotopic (exact) mass is 612 g/mol. The maximum Gasteiger partial charge on any atom is 0.332 e. The highest BCUT2D eigenvalue weighted by Crippen LogP contribution is 2.38. The zero-order valence-corrected chi connectivity index (χ0v) is 25.0. The number of benzene rings is 1. The lowest BCUT2D eigenvalue weighted by atomic mass is 10.0. The number of methoxy groups -OCH3 is 1. The van der Waals surface area contributed by atoms with Gasteiger partial charge in [-0.2, -0.15) is 0 Å². The SMILES string of the molecule is COc1ccc(F)cc1[C@H](Cn1c(=O)n(C2CCCN(C)C2=O)c(=O)c2c(C)c(-c3ncco3)sc21)OC1CCOCC1. The van der Waals surface area contributed by atoms with Gasteiger partial charge in [0.1, 0.15) is 34.8 Å². The van der Waals surface area contributed by atoms with Crippen molar-refractivity contribution in [2.75, 3.05) is 33.9 Å². The molecule has 2 saturated heterocycles. The molecular formula is C30H33FN4O7S. The van der Waals surface area contributed by atoms with Crippen LogP contribution in [-0.2, 0) is 20.8 Å². The summed E-state index contributed by atoms with van der Waals surface area (Å²) < 4.78 is 40.4. The second kappa shape index (κ2) is 12.1.